The van der Waals surface area contributed by atoms with Gasteiger partial charge in [-0.05, 0) is 0 Å². The molecule has 0 unspecified atom stereocenters. The molecule has 0 bridgehead atoms. The first-order valence-corrected chi connectivity index (χ1v) is 16.1. The van der Waals surface area contributed by atoms with Crippen LogP contribution in [0.15, 0.2) is 0 Å². The molecule has 0 aliphatic carbocycles. The second kappa shape index (κ2) is 9.56. The Balaban J connectivity index is 4.52. The topological polar surface area (TPSA) is 0 Å². The van der Waals surface area contributed by atoms with E-state index in [-0.39, 0.29) is 17.6 Å². The van der Waals surface area contributed by atoms with E-state index in [1.54, 1.807) is 41.6 Å². The second-order valence-electron chi connectivity index (χ2n) is 6.33. The summed E-state index contributed by atoms with van der Waals surface area (Å²) in [6.07, 6.45) is 1.45. The molecule has 0 aromatic heterocycles. The van der Waals surface area contributed by atoms with E-state index in [1.165, 1.54) is 6.42 Å². The van der Waals surface area contributed by atoms with Crippen molar-refractivity contribution >= 4 is 25.7 Å². The fourth-order valence-corrected chi connectivity index (χ4v) is 25.4. The third kappa shape index (κ3) is 6.97. The molecular weight excluding hydrogens is 252 g/mol. The fourth-order valence-electron chi connectivity index (χ4n) is 3.44. The van der Waals surface area contributed by atoms with Gasteiger partial charge in [-0.3, -0.25) is 0 Å². The van der Waals surface area contributed by atoms with E-state index in [4.69, 9.17) is 0 Å². The van der Waals surface area contributed by atoms with Gasteiger partial charge in [-0.1, -0.05) is 89.1 Å². The molecule has 0 nitrogen and oxygen atoms in total. The van der Waals surface area contributed by atoms with Crippen LogP contribution in [0.1, 0.15) is 41.0 Å². The highest BCUT2D eigenvalue weighted by Gasteiger charge is 2.31. The molecule has 0 radical (unpaired) electrons. The Morgan fingerprint density at radius 1 is 0.706 bits per heavy atom. The first-order chi connectivity index (χ1) is 8.05. The quantitative estimate of drug-likeness (QED) is 0.491. The summed E-state index contributed by atoms with van der Waals surface area (Å²) in [4.78, 5) is 0. The minimum atomic E-state index is -0.836. The van der Waals surface area contributed by atoms with Gasteiger partial charge in [0.15, 0.2) is 0 Å². The van der Waals surface area contributed by atoms with Crippen molar-refractivity contribution in [1.82, 2.24) is 0 Å². The van der Waals surface area contributed by atoms with Gasteiger partial charge < -0.3 is 0 Å². The SMILES string of the molecule is CCC[Si](C)(C[SiH](CC)CC)C[SiH](CC)CC. The normalized spacial score (nSPS) is 12.7. The summed E-state index contributed by atoms with van der Waals surface area (Å²) < 4.78 is 0. The molecule has 0 N–H and O–H groups in total. The maximum Gasteiger partial charge on any atom is 0.0447 e. The van der Waals surface area contributed by atoms with Crippen LogP contribution in [0.2, 0.25) is 48.1 Å². The Morgan fingerprint density at radius 2 is 1.06 bits per heavy atom. The van der Waals surface area contributed by atoms with Crippen LogP contribution >= 0.6 is 0 Å². The van der Waals surface area contributed by atoms with Crippen molar-refractivity contribution in [2.75, 3.05) is 0 Å². The molecule has 0 aliphatic rings. The predicted octanol–water partition coefficient (Wildman–Crippen LogP) is 5.09. The van der Waals surface area contributed by atoms with Crippen LogP contribution in [0.5, 0.6) is 0 Å². The first-order valence-electron chi connectivity index (χ1n) is 8.05. The lowest BCUT2D eigenvalue weighted by molar-refractivity contribution is 1.03. The minimum absolute atomic E-state index is 0.346. The summed E-state index contributed by atoms with van der Waals surface area (Å²) in [5, 5.41) is 0. The van der Waals surface area contributed by atoms with Gasteiger partial charge in [0.1, 0.15) is 0 Å². The van der Waals surface area contributed by atoms with Crippen LogP contribution < -0.4 is 0 Å². The molecule has 104 valence electrons. The molecule has 0 heterocycles. The van der Waals surface area contributed by atoms with Crippen molar-refractivity contribution in [3.63, 3.8) is 0 Å². The second-order valence-corrected chi connectivity index (χ2v) is 20.5. The van der Waals surface area contributed by atoms with Gasteiger partial charge in [0.25, 0.3) is 0 Å². The minimum Gasteiger partial charge on any atom is -0.0696 e. The van der Waals surface area contributed by atoms with Crippen LogP contribution in [0.3, 0.4) is 0 Å². The van der Waals surface area contributed by atoms with Crippen molar-refractivity contribution in [2.24, 2.45) is 0 Å². The number of hydrogen-bond acceptors (Lipinski definition) is 0. The summed E-state index contributed by atoms with van der Waals surface area (Å²) in [6, 6.07) is 7.82. The van der Waals surface area contributed by atoms with Crippen molar-refractivity contribution in [1.29, 1.82) is 0 Å². The zero-order chi connectivity index (χ0) is 13.3. The van der Waals surface area contributed by atoms with Crippen LogP contribution in [0.25, 0.3) is 0 Å². The molecule has 0 saturated heterocycles. The van der Waals surface area contributed by atoms with E-state index < -0.39 is 8.07 Å². The van der Waals surface area contributed by atoms with E-state index >= 15 is 0 Å². The van der Waals surface area contributed by atoms with E-state index in [9.17, 15) is 0 Å². The van der Waals surface area contributed by atoms with Crippen molar-refractivity contribution < 1.29 is 0 Å². The number of rotatable bonds is 10. The standard InChI is InChI=1S/C14H36Si3/c1-7-12-17(6,13-15(8-2)9-3)14-16(10-4)11-5/h15-16H,7-14H2,1-6H3. The Labute approximate surface area is 115 Å². The molecular formula is C14H36Si3. The highest BCUT2D eigenvalue weighted by atomic mass is 28.4. The van der Waals surface area contributed by atoms with Crippen molar-refractivity contribution in [3.8, 4) is 0 Å². The molecule has 17 heavy (non-hydrogen) atoms. The lowest BCUT2D eigenvalue weighted by Crippen LogP contribution is -2.40. The van der Waals surface area contributed by atoms with Crippen LogP contribution in [-0.2, 0) is 0 Å². The maximum atomic E-state index is 2.76. The van der Waals surface area contributed by atoms with Gasteiger partial charge >= 0.3 is 0 Å². The van der Waals surface area contributed by atoms with Crippen molar-refractivity contribution in [3.05, 3.63) is 0 Å². The summed E-state index contributed by atoms with van der Waals surface area (Å²) in [6.45, 7) is 15.0. The van der Waals surface area contributed by atoms with Crippen LogP contribution in [-0.4, -0.2) is 25.7 Å². The van der Waals surface area contributed by atoms with Gasteiger partial charge in [0.2, 0.25) is 0 Å². The first kappa shape index (κ1) is 17.7. The summed E-state index contributed by atoms with van der Waals surface area (Å²) in [5.74, 6) is 0. The zero-order valence-corrected chi connectivity index (χ0v) is 16.6. The maximum absolute atomic E-state index is 2.76. The Morgan fingerprint density at radius 3 is 1.29 bits per heavy atom. The predicted molar refractivity (Wildman–Crippen MR) is 92.6 cm³/mol. The van der Waals surface area contributed by atoms with Gasteiger partial charge in [0, 0.05) is 25.7 Å². The summed E-state index contributed by atoms with van der Waals surface area (Å²) in [5.41, 5.74) is 3.52. The van der Waals surface area contributed by atoms with Crippen LogP contribution in [0.4, 0.5) is 0 Å². The van der Waals surface area contributed by atoms with E-state index in [1.807, 2.05) is 0 Å². The molecule has 0 fully saturated rings. The number of hydrogen-bond donors (Lipinski definition) is 0. The smallest absolute Gasteiger partial charge is 0.0447 e. The van der Waals surface area contributed by atoms with Gasteiger partial charge in [0.05, 0.1) is 0 Å². The molecule has 0 aromatic carbocycles. The van der Waals surface area contributed by atoms with Gasteiger partial charge in [-0.25, -0.2) is 0 Å². The van der Waals surface area contributed by atoms with Crippen molar-refractivity contribution in [2.45, 2.75) is 89.1 Å². The van der Waals surface area contributed by atoms with Crippen LogP contribution in [0, 0.1) is 0 Å². The monoisotopic (exact) mass is 288 g/mol. The third-order valence-corrected chi connectivity index (χ3v) is 23.6. The largest absolute Gasteiger partial charge is 0.0696 e. The average Bonchev–Trinajstić information content (AvgIpc) is 2.33. The van der Waals surface area contributed by atoms with E-state index in [0.717, 1.165) is 0 Å². The molecule has 0 spiro atoms. The molecule has 0 saturated carbocycles. The van der Waals surface area contributed by atoms with Gasteiger partial charge in [-0.15, -0.1) is 0 Å². The lowest BCUT2D eigenvalue weighted by Gasteiger charge is -2.33. The highest BCUT2D eigenvalue weighted by Crippen LogP contribution is 2.29. The molecule has 0 aliphatic heterocycles. The van der Waals surface area contributed by atoms with Gasteiger partial charge in [-0.2, -0.15) is 0 Å². The Bertz CT molecular complexity index is 160. The summed E-state index contributed by atoms with van der Waals surface area (Å²) in [7, 11) is -1.53. The Hall–Kier alpha value is 0.651. The average molecular weight is 289 g/mol. The molecule has 0 aromatic rings. The Kier molecular flexibility index (Phi) is 9.93. The summed E-state index contributed by atoms with van der Waals surface area (Å²) >= 11 is 0. The molecule has 3 heteroatoms. The highest BCUT2D eigenvalue weighted by molar-refractivity contribution is 6.95. The zero-order valence-electron chi connectivity index (χ0n) is 13.3. The van der Waals surface area contributed by atoms with E-state index in [2.05, 4.69) is 41.2 Å². The van der Waals surface area contributed by atoms with E-state index in [0.29, 0.717) is 0 Å². The molecule has 0 atom stereocenters. The molecule has 0 amide bonds. The third-order valence-electron chi connectivity index (χ3n) is 4.73. The lowest BCUT2D eigenvalue weighted by atomic mass is 10.6. The fraction of sp³-hybridized carbons (Fsp3) is 1.00. The molecule has 0 rings (SSSR count).